The summed E-state index contributed by atoms with van der Waals surface area (Å²) in [5.74, 6) is 0.705. The third kappa shape index (κ3) is 7.69. The second-order valence-electron chi connectivity index (χ2n) is 11.2. The predicted octanol–water partition coefficient (Wildman–Crippen LogP) is 5.52. The van der Waals surface area contributed by atoms with Crippen molar-refractivity contribution in [1.82, 2.24) is 15.2 Å². The number of halogens is 2. The largest absolute Gasteiger partial charge is 0.357 e. The minimum atomic E-state index is -0.285. The molecule has 0 saturated carbocycles. The molecule has 2 saturated heterocycles. The molecule has 5 rings (SSSR count). The van der Waals surface area contributed by atoms with Crippen molar-refractivity contribution in [2.75, 3.05) is 31.1 Å². The highest BCUT2D eigenvalue weighted by atomic mass is 19.1. The molecule has 2 aliphatic heterocycles. The van der Waals surface area contributed by atoms with Gasteiger partial charge in [-0.25, -0.2) is 13.8 Å². The number of rotatable bonds is 6. The molecule has 2 aromatic carbocycles. The molecular weight excluding hydrogens is 536 g/mol. The Morgan fingerprint density at radius 3 is 2.31 bits per heavy atom. The molecule has 1 aromatic heterocycles. The molecular formula is C33H37F2N5O2. The number of nitriles is 1. The standard InChI is InChI=1S/C24H27FN4O.C9H10FNO/c1-24(20-3-5-21(25)6-4-20)10-14-29(15-11-24)23(30)19-8-12-28(13-9-19)22-7-2-18(16-26)17-27-22;1-7(11-6-12)8-3-2-4-9(10)5-8/h2-7,17,19H,8-15H2,1H3;2-7H,1H3,(H,11,12)/t;7-/m.0/s1. The average molecular weight is 574 g/mol. The number of carbonyl (C=O) groups excluding carboxylic acids is 2. The topological polar surface area (TPSA) is 89.3 Å². The zero-order valence-corrected chi connectivity index (χ0v) is 24.1. The summed E-state index contributed by atoms with van der Waals surface area (Å²) in [6.07, 6.45) is 5.66. The van der Waals surface area contributed by atoms with E-state index >= 15 is 0 Å². The predicted molar refractivity (Wildman–Crippen MR) is 157 cm³/mol. The second-order valence-corrected chi connectivity index (χ2v) is 11.2. The number of hydrogen-bond acceptors (Lipinski definition) is 5. The third-order valence-corrected chi connectivity index (χ3v) is 8.43. The van der Waals surface area contributed by atoms with Gasteiger partial charge in [0, 0.05) is 38.3 Å². The first-order valence-corrected chi connectivity index (χ1v) is 14.3. The number of anilines is 1. The van der Waals surface area contributed by atoms with Gasteiger partial charge in [0.2, 0.25) is 12.3 Å². The zero-order chi connectivity index (χ0) is 30.1. The Bertz CT molecular complexity index is 1370. The van der Waals surface area contributed by atoms with Crippen LogP contribution in [0.2, 0.25) is 0 Å². The smallest absolute Gasteiger partial charge is 0.225 e. The molecule has 0 aliphatic carbocycles. The average Bonchev–Trinajstić information content (AvgIpc) is 3.02. The lowest BCUT2D eigenvalue weighted by atomic mass is 9.74. The fourth-order valence-corrected chi connectivity index (χ4v) is 5.59. The van der Waals surface area contributed by atoms with E-state index in [1.54, 1.807) is 31.3 Å². The van der Waals surface area contributed by atoms with Crippen molar-refractivity contribution in [3.05, 3.63) is 95.2 Å². The van der Waals surface area contributed by atoms with Crippen LogP contribution in [0.25, 0.3) is 0 Å². The quantitative estimate of drug-likeness (QED) is 0.392. The van der Waals surface area contributed by atoms with Crippen LogP contribution in [0.3, 0.4) is 0 Å². The molecule has 0 bridgehead atoms. The summed E-state index contributed by atoms with van der Waals surface area (Å²) in [5, 5.41) is 11.4. The Balaban J connectivity index is 0.000000283. The van der Waals surface area contributed by atoms with Crippen molar-refractivity contribution >= 4 is 18.1 Å². The van der Waals surface area contributed by atoms with Crippen LogP contribution in [0.1, 0.15) is 62.3 Å². The molecule has 9 heteroatoms. The number of benzene rings is 2. The maximum Gasteiger partial charge on any atom is 0.225 e. The highest BCUT2D eigenvalue weighted by Gasteiger charge is 2.36. The molecule has 7 nitrogen and oxygen atoms in total. The van der Waals surface area contributed by atoms with Gasteiger partial charge in [0.1, 0.15) is 23.5 Å². The van der Waals surface area contributed by atoms with Gasteiger partial charge in [0.05, 0.1) is 11.6 Å². The summed E-state index contributed by atoms with van der Waals surface area (Å²) >= 11 is 0. The normalized spacial score (nSPS) is 17.3. The van der Waals surface area contributed by atoms with E-state index in [9.17, 15) is 18.4 Å². The molecule has 220 valence electrons. The number of piperidine rings is 2. The number of amides is 2. The van der Waals surface area contributed by atoms with E-state index in [0.717, 1.165) is 68.8 Å². The number of likely N-dealkylation sites (tertiary alicyclic amines) is 1. The molecule has 1 N–H and O–H groups in total. The molecule has 2 amide bonds. The van der Waals surface area contributed by atoms with Crippen LogP contribution < -0.4 is 10.2 Å². The van der Waals surface area contributed by atoms with Crippen molar-refractivity contribution < 1.29 is 18.4 Å². The van der Waals surface area contributed by atoms with E-state index in [1.807, 2.05) is 23.1 Å². The Hall–Kier alpha value is -4.32. The number of aromatic nitrogens is 1. The monoisotopic (exact) mass is 573 g/mol. The summed E-state index contributed by atoms with van der Waals surface area (Å²) in [6.45, 7) is 7.12. The molecule has 0 unspecified atom stereocenters. The number of hydrogen-bond donors (Lipinski definition) is 1. The maximum absolute atomic E-state index is 13.2. The fourth-order valence-electron chi connectivity index (χ4n) is 5.59. The highest BCUT2D eigenvalue weighted by molar-refractivity contribution is 5.79. The van der Waals surface area contributed by atoms with Crippen LogP contribution in [-0.2, 0) is 15.0 Å². The van der Waals surface area contributed by atoms with E-state index < -0.39 is 0 Å². The molecule has 2 aliphatic rings. The maximum atomic E-state index is 13.2. The summed E-state index contributed by atoms with van der Waals surface area (Å²) in [7, 11) is 0. The van der Waals surface area contributed by atoms with Gasteiger partial charge in [0.25, 0.3) is 0 Å². The van der Waals surface area contributed by atoms with Crippen LogP contribution in [0.5, 0.6) is 0 Å². The summed E-state index contributed by atoms with van der Waals surface area (Å²) in [4.78, 5) is 31.7. The lowest BCUT2D eigenvalue weighted by Crippen LogP contribution is -2.48. The van der Waals surface area contributed by atoms with Gasteiger partial charge in [-0.15, -0.1) is 0 Å². The SMILES string of the molecule is CC1(c2ccc(F)cc2)CCN(C(=O)C2CCN(c3ccc(C#N)cn3)CC2)CC1.C[C@H](NC=O)c1cccc(F)c1. The minimum absolute atomic E-state index is 0.00486. The Morgan fingerprint density at radius 2 is 1.74 bits per heavy atom. The van der Waals surface area contributed by atoms with Crippen molar-refractivity contribution in [1.29, 1.82) is 5.26 Å². The highest BCUT2D eigenvalue weighted by Crippen LogP contribution is 2.36. The van der Waals surface area contributed by atoms with Crippen LogP contribution in [0.15, 0.2) is 66.9 Å². The van der Waals surface area contributed by atoms with E-state index in [1.165, 1.54) is 24.3 Å². The first-order valence-electron chi connectivity index (χ1n) is 14.3. The van der Waals surface area contributed by atoms with Crippen molar-refractivity contribution in [2.45, 2.75) is 51.0 Å². The van der Waals surface area contributed by atoms with Crippen LogP contribution in [0, 0.1) is 28.9 Å². The van der Waals surface area contributed by atoms with Crippen molar-refractivity contribution in [3.8, 4) is 6.07 Å². The zero-order valence-electron chi connectivity index (χ0n) is 24.1. The van der Waals surface area contributed by atoms with Gasteiger partial charge in [-0.1, -0.05) is 31.2 Å². The number of nitrogens with zero attached hydrogens (tertiary/aromatic N) is 4. The van der Waals surface area contributed by atoms with Gasteiger partial charge in [0.15, 0.2) is 0 Å². The van der Waals surface area contributed by atoms with Crippen LogP contribution in [-0.4, -0.2) is 48.4 Å². The molecule has 3 aromatic rings. The van der Waals surface area contributed by atoms with Crippen LogP contribution >= 0.6 is 0 Å². The Kier molecular flexibility index (Phi) is 10.2. The summed E-state index contributed by atoms with van der Waals surface area (Å²) in [6, 6.07) is 18.6. The van der Waals surface area contributed by atoms with Gasteiger partial charge in [-0.3, -0.25) is 9.59 Å². The molecule has 42 heavy (non-hydrogen) atoms. The first kappa shape index (κ1) is 30.6. The fraction of sp³-hybridized carbons (Fsp3) is 0.394. The summed E-state index contributed by atoms with van der Waals surface area (Å²) < 4.78 is 25.9. The minimum Gasteiger partial charge on any atom is -0.357 e. The van der Waals surface area contributed by atoms with E-state index in [0.29, 0.717) is 12.0 Å². The van der Waals surface area contributed by atoms with E-state index in [2.05, 4.69) is 28.2 Å². The van der Waals surface area contributed by atoms with Gasteiger partial charge >= 0.3 is 0 Å². The van der Waals surface area contributed by atoms with Crippen molar-refractivity contribution in [2.24, 2.45) is 5.92 Å². The molecule has 0 spiro atoms. The molecule has 1 atom stereocenters. The van der Waals surface area contributed by atoms with E-state index in [-0.39, 0.29) is 34.9 Å². The molecule has 2 fully saturated rings. The Labute approximate surface area is 246 Å². The molecule has 0 radical (unpaired) electrons. The first-order chi connectivity index (χ1) is 20.2. The van der Waals surface area contributed by atoms with Gasteiger partial charge in [-0.05, 0) is 85.5 Å². The van der Waals surface area contributed by atoms with E-state index in [4.69, 9.17) is 5.26 Å². The lowest BCUT2D eigenvalue weighted by Gasteiger charge is -2.42. The third-order valence-electron chi connectivity index (χ3n) is 8.43. The summed E-state index contributed by atoms with van der Waals surface area (Å²) in [5.41, 5.74) is 2.47. The number of pyridine rings is 1. The Morgan fingerprint density at radius 1 is 1.05 bits per heavy atom. The van der Waals surface area contributed by atoms with Crippen LogP contribution in [0.4, 0.5) is 14.6 Å². The molecule has 3 heterocycles. The lowest BCUT2D eigenvalue weighted by molar-refractivity contribution is -0.137. The van der Waals surface area contributed by atoms with Crippen molar-refractivity contribution in [3.63, 3.8) is 0 Å². The number of nitrogens with one attached hydrogen (secondary N) is 1. The van der Waals surface area contributed by atoms with Gasteiger partial charge in [-0.2, -0.15) is 5.26 Å². The number of carbonyl (C=O) groups is 2. The van der Waals surface area contributed by atoms with Gasteiger partial charge < -0.3 is 15.1 Å². The second kappa shape index (κ2) is 14.0.